The lowest BCUT2D eigenvalue weighted by atomic mass is 10.2. The number of fused-ring (bicyclic) bond motifs is 1. The van der Waals surface area contributed by atoms with Crippen molar-refractivity contribution in [2.45, 2.75) is 0 Å². The summed E-state index contributed by atoms with van der Waals surface area (Å²) in [6.45, 7) is 1.28. The van der Waals surface area contributed by atoms with E-state index < -0.39 is 0 Å². The van der Waals surface area contributed by atoms with Gasteiger partial charge in [0.1, 0.15) is 11.4 Å². The summed E-state index contributed by atoms with van der Waals surface area (Å²) in [4.78, 5) is 11.8. The molecule has 0 saturated carbocycles. The van der Waals surface area contributed by atoms with Crippen LogP contribution in [0.5, 0.6) is 0 Å². The minimum absolute atomic E-state index is 0.154. The third kappa shape index (κ3) is 3.56. The van der Waals surface area contributed by atoms with Gasteiger partial charge in [-0.25, -0.2) is 0 Å². The predicted molar refractivity (Wildman–Crippen MR) is 81.4 cm³/mol. The van der Waals surface area contributed by atoms with Gasteiger partial charge in [-0.3, -0.25) is 4.79 Å². The molecule has 9 heteroatoms. The Labute approximate surface area is 129 Å². The van der Waals surface area contributed by atoms with Gasteiger partial charge in [0.25, 0.3) is 0 Å². The quantitative estimate of drug-likeness (QED) is 0.797. The zero-order valence-electron chi connectivity index (χ0n) is 10.6. The van der Waals surface area contributed by atoms with E-state index >= 15 is 0 Å². The molecule has 1 aromatic rings. The molecule has 20 heavy (non-hydrogen) atoms. The second-order valence-electron chi connectivity index (χ2n) is 3.89. The van der Waals surface area contributed by atoms with Crippen molar-refractivity contribution in [3.8, 4) is 0 Å². The Balaban J connectivity index is 2.05. The highest BCUT2D eigenvalue weighted by molar-refractivity contribution is 7.58. The first-order valence-electron chi connectivity index (χ1n) is 5.73. The van der Waals surface area contributed by atoms with Crippen LogP contribution in [-0.4, -0.2) is 32.7 Å². The summed E-state index contributed by atoms with van der Waals surface area (Å²) >= 11 is 13.1. The lowest BCUT2D eigenvalue weighted by Crippen LogP contribution is -2.30. The monoisotopic (exact) mass is 334 g/mol. The van der Waals surface area contributed by atoms with Gasteiger partial charge in [-0.15, -0.1) is 0 Å². The molecule has 0 spiro atoms. The lowest BCUT2D eigenvalue weighted by molar-refractivity contribution is -0.115. The van der Waals surface area contributed by atoms with E-state index in [1.807, 2.05) is 0 Å². The van der Waals surface area contributed by atoms with Crippen LogP contribution in [0.3, 0.4) is 0 Å². The summed E-state index contributed by atoms with van der Waals surface area (Å²) in [7, 11) is 1.60. The van der Waals surface area contributed by atoms with Crippen molar-refractivity contribution >= 4 is 57.5 Å². The summed E-state index contributed by atoms with van der Waals surface area (Å²) in [5, 5.41) is 6.40. The highest BCUT2D eigenvalue weighted by atomic mass is 35.5. The van der Waals surface area contributed by atoms with E-state index in [-0.39, 0.29) is 12.5 Å². The number of carbonyl (C=O) groups is 1. The van der Waals surface area contributed by atoms with Gasteiger partial charge in [0.2, 0.25) is 5.91 Å². The maximum atomic E-state index is 11.8. The highest BCUT2D eigenvalue weighted by Crippen LogP contribution is 2.47. The number of nitrogens with one attached hydrogen (secondary N) is 2. The first-order valence-corrected chi connectivity index (χ1v) is 7.22. The molecule has 0 fully saturated rings. The van der Waals surface area contributed by atoms with E-state index in [0.717, 1.165) is 11.4 Å². The van der Waals surface area contributed by atoms with Gasteiger partial charge in [0, 0.05) is 13.7 Å². The van der Waals surface area contributed by atoms with Crippen LogP contribution >= 0.6 is 23.2 Å². The standard InChI is InChI=1S/C11H12Cl2N4O2S/c1-19-3-2-14-5-8(18)15-9-6(12)4-7(13)10-11(9)17-20-16-10/h4,14H,2-3,5H2,1H3,(H,15,18). The molecular formula is C11H12Cl2N4O2S. The van der Waals surface area contributed by atoms with Gasteiger partial charge in [-0.1, -0.05) is 23.2 Å². The van der Waals surface area contributed by atoms with Gasteiger partial charge in [-0.05, 0) is 6.07 Å². The second-order valence-corrected chi connectivity index (χ2v) is 5.24. The van der Waals surface area contributed by atoms with E-state index in [9.17, 15) is 4.79 Å². The Hall–Kier alpha value is -0.990. The van der Waals surface area contributed by atoms with Crippen molar-refractivity contribution in [2.24, 2.45) is 8.73 Å². The molecule has 6 nitrogen and oxygen atoms in total. The number of hydrogen-bond donors (Lipinski definition) is 2. The minimum Gasteiger partial charge on any atom is -0.383 e. The first kappa shape index (κ1) is 15.4. The van der Waals surface area contributed by atoms with E-state index in [2.05, 4.69) is 19.4 Å². The maximum Gasteiger partial charge on any atom is 0.238 e. The van der Waals surface area contributed by atoms with E-state index in [1.54, 1.807) is 13.2 Å². The topological polar surface area (TPSA) is 75.1 Å². The molecule has 1 heterocycles. The second kappa shape index (κ2) is 7.14. The number of amides is 1. The molecule has 108 valence electrons. The van der Waals surface area contributed by atoms with Gasteiger partial charge in [-0.2, -0.15) is 8.73 Å². The number of carbonyl (C=O) groups excluding carboxylic acids is 1. The third-order valence-electron chi connectivity index (χ3n) is 2.48. The molecule has 0 saturated heterocycles. The maximum absolute atomic E-state index is 11.8. The Morgan fingerprint density at radius 3 is 2.85 bits per heavy atom. The van der Waals surface area contributed by atoms with Crippen LogP contribution in [0.15, 0.2) is 14.8 Å². The van der Waals surface area contributed by atoms with Gasteiger partial charge in [0.05, 0.1) is 40.2 Å². The average Bonchev–Trinajstić information content (AvgIpc) is 2.89. The van der Waals surface area contributed by atoms with Crippen LogP contribution in [0.25, 0.3) is 0 Å². The molecule has 1 amide bonds. The normalized spacial score (nSPS) is 12.2. The smallest absolute Gasteiger partial charge is 0.238 e. The molecule has 1 aliphatic rings. The Kier molecular flexibility index (Phi) is 5.50. The number of benzene rings is 1. The fraction of sp³-hybridized carbons (Fsp3) is 0.364. The third-order valence-corrected chi connectivity index (χ3v) is 3.59. The minimum atomic E-state index is -0.223. The average molecular weight is 335 g/mol. The largest absolute Gasteiger partial charge is 0.383 e. The molecule has 0 aliphatic carbocycles. The fourth-order valence-electron chi connectivity index (χ4n) is 1.55. The number of hydrogen-bond acceptors (Lipinski definition) is 5. The van der Waals surface area contributed by atoms with Crippen LogP contribution in [-0.2, 0) is 20.9 Å². The van der Waals surface area contributed by atoms with Crippen molar-refractivity contribution in [3.05, 3.63) is 16.1 Å². The van der Waals surface area contributed by atoms with Gasteiger partial charge < -0.3 is 15.4 Å². The van der Waals surface area contributed by atoms with Crippen LogP contribution in [0, 0.1) is 0 Å². The molecule has 0 radical (unpaired) electrons. The zero-order chi connectivity index (χ0) is 14.5. The number of methoxy groups -OCH3 is 1. The van der Waals surface area contributed by atoms with Gasteiger partial charge >= 0.3 is 0 Å². The van der Waals surface area contributed by atoms with Crippen molar-refractivity contribution in [1.82, 2.24) is 5.32 Å². The molecule has 0 aromatic heterocycles. The van der Waals surface area contributed by atoms with Crippen molar-refractivity contribution in [3.63, 3.8) is 0 Å². The molecule has 1 aliphatic heterocycles. The van der Waals surface area contributed by atoms with E-state index in [0.29, 0.717) is 40.3 Å². The number of rotatable bonds is 6. The molecule has 1 aromatic carbocycles. The number of nitrogens with zero attached hydrogens (tertiary/aromatic N) is 2. The summed E-state index contributed by atoms with van der Waals surface area (Å²) in [5.74, 6) is -0.223. The van der Waals surface area contributed by atoms with Crippen LogP contribution in [0.4, 0.5) is 17.1 Å². The highest BCUT2D eigenvalue weighted by Gasteiger charge is 2.20. The number of anilines is 1. The van der Waals surface area contributed by atoms with Crippen LogP contribution < -0.4 is 10.6 Å². The molecule has 0 atom stereocenters. The molecule has 0 bridgehead atoms. The summed E-state index contributed by atoms with van der Waals surface area (Å²) in [6.07, 6.45) is 0. The number of halogens is 2. The Morgan fingerprint density at radius 2 is 2.10 bits per heavy atom. The summed E-state index contributed by atoms with van der Waals surface area (Å²) in [5.41, 5.74) is 1.46. The van der Waals surface area contributed by atoms with Crippen molar-refractivity contribution in [1.29, 1.82) is 0 Å². The first-order chi connectivity index (χ1) is 9.63. The summed E-state index contributed by atoms with van der Waals surface area (Å²) < 4.78 is 13.1. The lowest BCUT2D eigenvalue weighted by Gasteiger charge is -2.11. The van der Waals surface area contributed by atoms with E-state index in [4.69, 9.17) is 27.9 Å². The van der Waals surface area contributed by atoms with Gasteiger partial charge in [0.15, 0.2) is 0 Å². The predicted octanol–water partition coefficient (Wildman–Crippen LogP) is 2.89. The van der Waals surface area contributed by atoms with Crippen LogP contribution in [0.2, 0.25) is 10.0 Å². The molecule has 2 N–H and O–H groups in total. The number of ether oxygens (including phenoxy) is 1. The zero-order valence-corrected chi connectivity index (χ0v) is 12.9. The van der Waals surface area contributed by atoms with Crippen molar-refractivity contribution < 1.29 is 9.53 Å². The van der Waals surface area contributed by atoms with Crippen LogP contribution in [0.1, 0.15) is 0 Å². The molecular weight excluding hydrogens is 323 g/mol. The fourth-order valence-corrected chi connectivity index (χ4v) is 2.71. The van der Waals surface area contributed by atoms with E-state index in [1.165, 1.54) is 0 Å². The molecule has 2 rings (SSSR count). The Morgan fingerprint density at radius 1 is 1.35 bits per heavy atom. The summed E-state index contributed by atoms with van der Waals surface area (Å²) in [6, 6.07) is 1.54. The van der Waals surface area contributed by atoms with Crippen molar-refractivity contribution in [2.75, 3.05) is 32.1 Å². The Bertz CT molecular complexity index is 603. The molecule has 0 unspecified atom stereocenters. The SMILES string of the molecule is COCCNCC(=O)Nc1c(Cl)cc(Cl)c2c1N=S=N2.